The second-order valence-corrected chi connectivity index (χ2v) is 6.31. The van der Waals surface area contributed by atoms with Crippen molar-refractivity contribution < 1.29 is 9.59 Å². The van der Waals surface area contributed by atoms with Crippen LogP contribution in [0.5, 0.6) is 0 Å². The van der Waals surface area contributed by atoms with Crippen LogP contribution in [0.25, 0.3) is 5.52 Å². The first kappa shape index (κ1) is 15.4. The standard InChI is InChI=1S/C19H18N4O2/c1-12-5-4-6-14(11-12)21-18(24)16-15-7-2-3-10-23(15)17(22-16)19(25)20-13-8-9-13/h2-7,10-11,13H,8-9H2,1H3,(H,20,25)(H,21,24). The number of amides is 2. The summed E-state index contributed by atoms with van der Waals surface area (Å²) in [6.07, 6.45) is 3.74. The van der Waals surface area contributed by atoms with E-state index in [4.69, 9.17) is 0 Å². The van der Waals surface area contributed by atoms with Crippen molar-refractivity contribution in [1.82, 2.24) is 14.7 Å². The number of fused-ring (bicyclic) bond motifs is 1. The topological polar surface area (TPSA) is 75.5 Å². The van der Waals surface area contributed by atoms with Crippen molar-refractivity contribution in [1.29, 1.82) is 0 Å². The molecule has 1 aliphatic carbocycles. The van der Waals surface area contributed by atoms with Gasteiger partial charge in [0.25, 0.3) is 11.8 Å². The van der Waals surface area contributed by atoms with Crippen molar-refractivity contribution in [3.63, 3.8) is 0 Å². The van der Waals surface area contributed by atoms with Crippen molar-refractivity contribution in [2.45, 2.75) is 25.8 Å². The van der Waals surface area contributed by atoms with Gasteiger partial charge < -0.3 is 10.6 Å². The van der Waals surface area contributed by atoms with Gasteiger partial charge in [-0.25, -0.2) is 4.98 Å². The number of hydrogen-bond donors (Lipinski definition) is 2. The van der Waals surface area contributed by atoms with Crippen LogP contribution in [-0.4, -0.2) is 27.2 Å². The zero-order valence-corrected chi connectivity index (χ0v) is 13.8. The number of rotatable bonds is 4. The van der Waals surface area contributed by atoms with Gasteiger partial charge in [-0.3, -0.25) is 14.0 Å². The van der Waals surface area contributed by atoms with Gasteiger partial charge >= 0.3 is 0 Å². The van der Waals surface area contributed by atoms with Crippen molar-refractivity contribution in [2.75, 3.05) is 5.32 Å². The van der Waals surface area contributed by atoms with E-state index in [-0.39, 0.29) is 29.4 Å². The zero-order valence-electron chi connectivity index (χ0n) is 13.8. The molecule has 1 saturated carbocycles. The summed E-state index contributed by atoms with van der Waals surface area (Å²) in [7, 11) is 0. The van der Waals surface area contributed by atoms with Gasteiger partial charge in [0.1, 0.15) is 0 Å². The minimum atomic E-state index is -0.334. The molecule has 0 unspecified atom stereocenters. The number of imidazole rings is 1. The van der Waals surface area contributed by atoms with E-state index in [9.17, 15) is 9.59 Å². The van der Waals surface area contributed by atoms with E-state index in [0.717, 1.165) is 18.4 Å². The SMILES string of the molecule is Cc1cccc(NC(=O)c2nc(C(=O)NC3CC3)n3ccccc23)c1. The number of carbonyl (C=O) groups is 2. The molecule has 2 amide bonds. The fraction of sp³-hybridized carbons (Fsp3) is 0.211. The Morgan fingerprint density at radius 1 is 1.12 bits per heavy atom. The molecule has 0 saturated heterocycles. The van der Waals surface area contributed by atoms with Gasteiger partial charge in [0, 0.05) is 17.9 Å². The largest absolute Gasteiger partial charge is 0.347 e. The van der Waals surface area contributed by atoms with E-state index in [0.29, 0.717) is 11.2 Å². The molecule has 0 aliphatic heterocycles. The molecule has 25 heavy (non-hydrogen) atoms. The Labute approximate surface area is 144 Å². The van der Waals surface area contributed by atoms with E-state index < -0.39 is 0 Å². The lowest BCUT2D eigenvalue weighted by atomic mass is 10.2. The Bertz CT molecular complexity index is 972. The monoisotopic (exact) mass is 334 g/mol. The van der Waals surface area contributed by atoms with Crippen LogP contribution < -0.4 is 10.6 Å². The number of aryl methyl sites for hydroxylation is 1. The Morgan fingerprint density at radius 2 is 1.96 bits per heavy atom. The van der Waals surface area contributed by atoms with Gasteiger partial charge in [-0.05, 0) is 49.6 Å². The van der Waals surface area contributed by atoms with Crippen molar-refractivity contribution in [3.05, 3.63) is 65.7 Å². The highest BCUT2D eigenvalue weighted by Gasteiger charge is 2.27. The van der Waals surface area contributed by atoms with E-state index in [2.05, 4.69) is 15.6 Å². The van der Waals surface area contributed by atoms with Gasteiger partial charge in [-0.1, -0.05) is 18.2 Å². The number of carbonyl (C=O) groups excluding carboxylic acids is 2. The van der Waals surface area contributed by atoms with E-state index in [1.54, 1.807) is 16.7 Å². The first-order chi connectivity index (χ1) is 12.1. The highest BCUT2D eigenvalue weighted by molar-refractivity contribution is 6.09. The molecule has 6 heteroatoms. The summed E-state index contributed by atoms with van der Waals surface area (Å²) in [6.45, 7) is 1.96. The van der Waals surface area contributed by atoms with Crippen LogP contribution in [0, 0.1) is 6.92 Å². The minimum Gasteiger partial charge on any atom is -0.347 e. The molecular formula is C19H18N4O2. The molecule has 2 aromatic heterocycles. The molecule has 1 aliphatic rings. The first-order valence-electron chi connectivity index (χ1n) is 8.28. The average molecular weight is 334 g/mol. The molecule has 126 valence electrons. The molecule has 0 spiro atoms. The van der Waals surface area contributed by atoms with Crippen molar-refractivity contribution >= 4 is 23.0 Å². The summed E-state index contributed by atoms with van der Waals surface area (Å²) >= 11 is 0. The summed E-state index contributed by atoms with van der Waals surface area (Å²) in [4.78, 5) is 29.4. The number of benzene rings is 1. The predicted molar refractivity (Wildman–Crippen MR) is 94.8 cm³/mol. The molecule has 0 radical (unpaired) electrons. The quantitative estimate of drug-likeness (QED) is 0.770. The maximum atomic E-state index is 12.7. The fourth-order valence-electron chi connectivity index (χ4n) is 2.76. The second-order valence-electron chi connectivity index (χ2n) is 6.31. The molecular weight excluding hydrogens is 316 g/mol. The van der Waals surface area contributed by atoms with Crippen LogP contribution in [0.1, 0.15) is 39.5 Å². The summed E-state index contributed by atoms with van der Waals surface area (Å²) in [5, 5.41) is 5.77. The predicted octanol–water partition coefficient (Wildman–Crippen LogP) is 2.79. The van der Waals surface area contributed by atoms with Gasteiger partial charge in [-0.15, -0.1) is 0 Å². The summed E-state index contributed by atoms with van der Waals surface area (Å²) in [6, 6.07) is 13.2. The minimum absolute atomic E-state index is 0.230. The summed E-state index contributed by atoms with van der Waals surface area (Å²) < 4.78 is 1.66. The van der Waals surface area contributed by atoms with Gasteiger partial charge in [-0.2, -0.15) is 0 Å². The fourth-order valence-corrected chi connectivity index (χ4v) is 2.76. The lowest BCUT2D eigenvalue weighted by Crippen LogP contribution is -2.27. The third kappa shape index (κ3) is 3.10. The van der Waals surface area contributed by atoms with Crippen LogP contribution in [0.15, 0.2) is 48.7 Å². The van der Waals surface area contributed by atoms with Crippen molar-refractivity contribution in [3.8, 4) is 0 Å². The van der Waals surface area contributed by atoms with Gasteiger partial charge in [0.2, 0.25) is 5.82 Å². The van der Waals surface area contributed by atoms with E-state index >= 15 is 0 Å². The third-order valence-electron chi connectivity index (χ3n) is 4.16. The number of aromatic nitrogens is 2. The number of anilines is 1. The Balaban J connectivity index is 1.68. The van der Waals surface area contributed by atoms with Crippen LogP contribution in [0.3, 0.4) is 0 Å². The molecule has 0 atom stereocenters. The molecule has 2 N–H and O–H groups in total. The summed E-state index contributed by atoms with van der Waals surface area (Å²) in [5.41, 5.74) is 2.60. The third-order valence-corrected chi connectivity index (χ3v) is 4.16. The number of hydrogen-bond acceptors (Lipinski definition) is 3. The molecule has 1 fully saturated rings. The Hall–Kier alpha value is -3.15. The maximum absolute atomic E-state index is 12.7. The first-order valence-corrected chi connectivity index (χ1v) is 8.28. The lowest BCUT2D eigenvalue weighted by Gasteiger charge is -2.04. The molecule has 2 heterocycles. The van der Waals surface area contributed by atoms with E-state index in [1.807, 2.05) is 43.3 Å². The number of nitrogens with one attached hydrogen (secondary N) is 2. The number of pyridine rings is 1. The van der Waals surface area contributed by atoms with Crippen LogP contribution in [-0.2, 0) is 0 Å². The van der Waals surface area contributed by atoms with Crippen LogP contribution in [0.4, 0.5) is 5.69 Å². The van der Waals surface area contributed by atoms with Crippen LogP contribution in [0.2, 0.25) is 0 Å². The highest BCUT2D eigenvalue weighted by Crippen LogP contribution is 2.21. The lowest BCUT2D eigenvalue weighted by molar-refractivity contribution is 0.0940. The highest BCUT2D eigenvalue weighted by atomic mass is 16.2. The second kappa shape index (κ2) is 6.05. The molecule has 4 rings (SSSR count). The summed E-state index contributed by atoms with van der Waals surface area (Å²) in [5.74, 6) is -0.352. The average Bonchev–Trinajstić information content (AvgIpc) is 3.32. The Kier molecular flexibility index (Phi) is 3.72. The van der Waals surface area contributed by atoms with E-state index in [1.165, 1.54) is 0 Å². The Morgan fingerprint density at radius 3 is 2.72 bits per heavy atom. The van der Waals surface area contributed by atoms with Gasteiger partial charge in [0.05, 0.1) is 5.52 Å². The van der Waals surface area contributed by atoms with Crippen molar-refractivity contribution in [2.24, 2.45) is 0 Å². The number of nitrogens with zero attached hydrogens (tertiary/aromatic N) is 2. The normalized spacial score (nSPS) is 13.6. The molecule has 1 aromatic carbocycles. The molecule has 3 aromatic rings. The maximum Gasteiger partial charge on any atom is 0.287 e. The molecule has 6 nitrogen and oxygen atoms in total. The zero-order chi connectivity index (χ0) is 17.4. The molecule has 0 bridgehead atoms. The smallest absolute Gasteiger partial charge is 0.287 e. The van der Waals surface area contributed by atoms with Crippen LogP contribution >= 0.6 is 0 Å². The van der Waals surface area contributed by atoms with Gasteiger partial charge in [0.15, 0.2) is 5.69 Å².